The monoisotopic (exact) mass is 420 g/mol. The van der Waals surface area contributed by atoms with Crippen molar-refractivity contribution in [3.05, 3.63) is 58.5 Å². The molecule has 3 aromatic rings. The summed E-state index contributed by atoms with van der Waals surface area (Å²) in [5.41, 5.74) is 0.385. The van der Waals surface area contributed by atoms with Gasteiger partial charge in [0.15, 0.2) is 11.5 Å². The molecule has 0 fully saturated rings. The second-order valence-corrected chi connectivity index (χ2v) is 7.42. The van der Waals surface area contributed by atoms with Crippen LogP contribution in [0, 0.1) is 10.1 Å². The number of hydrogen-bond donors (Lipinski definition) is 1. The number of nitro benzene ring substituents is 1. The summed E-state index contributed by atoms with van der Waals surface area (Å²) in [6, 6.07) is 9.55. The largest absolute Gasteiger partial charge is 0.493 e. The van der Waals surface area contributed by atoms with Crippen LogP contribution < -0.4 is 14.2 Å². The number of aromatic nitrogens is 2. The van der Waals surface area contributed by atoms with Crippen molar-refractivity contribution in [3.63, 3.8) is 0 Å². The molecule has 0 aliphatic rings. The molecule has 1 heterocycles. The topological polar surface area (TPSA) is 147 Å². The number of nitrogens with zero attached hydrogens (tertiary/aromatic N) is 3. The first-order valence-electron chi connectivity index (χ1n) is 8.13. The molecule has 0 amide bonds. The molecule has 29 heavy (non-hydrogen) atoms. The van der Waals surface area contributed by atoms with Crippen LogP contribution in [0.25, 0.3) is 11.4 Å². The molecular weight excluding hydrogens is 404 g/mol. The van der Waals surface area contributed by atoms with Gasteiger partial charge in [0.05, 0.1) is 30.6 Å². The van der Waals surface area contributed by atoms with Crippen LogP contribution >= 0.6 is 0 Å². The molecule has 0 atom stereocenters. The van der Waals surface area contributed by atoms with E-state index in [-0.39, 0.29) is 28.8 Å². The third-order valence-electron chi connectivity index (χ3n) is 3.88. The molecule has 0 bridgehead atoms. The van der Waals surface area contributed by atoms with Crippen molar-refractivity contribution in [1.82, 2.24) is 14.9 Å². The fourth-order valence-corrected chi connectivity index (χ4v) is 3.38. The van der Waals surface area contributed by atoms with Gasteiger partial charge in [-0.25, -0.2) is 13.1 Å². The third kappa shape index (κ3) is 4.50. The molecule has 0 aliphatic carbocycles. The first-order valence-corrected chi connectivity index (χ1v) is 9.61. The molecule has 2 aromatic carbocycles. The summed E-state index contributed by atoms with van der Waals surface area (Å²) in [6.45, 7) is -0.250. The number of hydrogen-bond acceptors (Lipinski definition) is 9. The summed E-state index contributed by atoms with van der Waals surface area (Å²) < 4.78 is 42.4. The highest BCUT2D eigenvalue weighted by Gasteiger charge is 2.18. The smallest absolute Gasteiger partial charge is 0.269 e. The molecule has 0 saturated heterocycles. The number of nitro groups is 1. The van der Waals surface area contributed by atoms with Crippen LogP contribution in [0.1, 0.15) is 5.89 Å². The van der Waals surface area contributed by atoms with Crippen molar-refractivity contribution in [2.24, 2.45) is 0 Å². The third-order valence-corrected chi connectivity index (χ3v) is 5.30. The van der Waals surface area contributed by atoms with Gasteiger partial charge in [0.2, 0.25) is 21.7 Å². The normalized spacial score (nSPS) is 11.2. The Hall–Kier alpha value is -3.51. The molecule has 3 rings (SSSR count). The number of ether oxygens (including phenoxy) is 2. The van der Waals surface area contributed by atoms with Crippen LogP contribution in [0.2, 0.25) is 0 Å². The van der Waals surface area contributed by atoms with Gasteiger partial charge in [-0.3, -0.25) is 10.1 Å². The maximum absolute atomic E-state index is 12.3. The summed E-state index contributed by atoms with van der Waals surface area (Å²) in [4.78, 5) is 14.1. The fraction of sp³-hybridized carbons (Fsp3) is 0.176. The summed E-state index contributed by atoms with van der Waals surface area (Å²) in [5.74, 6) is 1.31. The number of methoxy groups -OCH3 is 2. The molecule has 0 spiro atoms. The van der Waals surface area contributed by atoms with Crippen LogP contribution in [0.5, 0.6) is 11.5 Å². The molecule has 0 saturated carbocycles. The van der Waals surface area contributed by atoms with E-state index in [1.54, 1.807) is 18.2 Å². The van der Waals surface area contributed by atoms with E-state index >= 15 is 0 Å². The van der Waals surface area contributed by atoms with Crippen LogP contribution in [0.4, 0.5) is 5.69 Å². The van der Waals surface area contributed by atoms with Gasteiger partial charge in [-0.1, -0.05) is 5.16 Å². The molecule has 11 nitrogen and oxygen atoms in total. The summed E-state index contributed by atoms with van der Waals surface area (Å²) >= 11 is 0. The zero-order valence-electron chi connectivity index (χ0n) is 15.4. The quantitative estimate of drug-likeness (QED) is 0.427. The summed E-state index contributed by atoms with van der Waals surface area (Å²) in [6.07, 6.45) is 0. The predicted octanol–water partition coefficient (Wildman–Crippen LogP) is 2.14. The Morgan fingerprint density at radius 1 is 1.10 bits per heavy atom. The average molecular weight is 420 g/mol. The maximum atomic E-state index is 12.3. The lowest BCUT2D eigenvalue weighted by Crippen LogP contribution is -2.23. The molecular formula is C17H16N4O7S. The number of benzene rings is 2. The van der Waals surface area contributed by atoms with Crippen molar-refractivity contribution in [2.75, 3.05) is 14.2 Å². The van der Waals surface area contributed by atoms with Crippen LogP contribution in [0.3, 0.4) is 0 Å². The number of sulfonamides is 1. The zero-order chi connectivity index (χ0) is 21.0. The van der Waals surface area contributed by atoms with Crippen molar-refractivity contribution in [3.8, 4) is 22.9 Å². The first-order chi connectivity index (χ1) is 13.8. The van der Waals surface area contributed by atoms with E-state index in [1.165, 1.54) is 14.2 Å². The van der Waals surface area contributed by atoms with Crippen LogP contribution in [-0.2, 0) is 16.6 Å². The molecule has 0 unspecified atom stereocenters. The second kappa shape index (κ2) is 8.24. The van der Waals surface area contributed by atoms with Gasteiger partial charge in [0, 0.05) is 17.7 Å². The second-order valence-electron chi connectivity index (χ2n) is 5.66. The van der Waals surface area contributed by atoms with E-state index < -0.39 is 14.9 Å². The Morgan fingerprint density at radius 2 is 1.79 bits per heavy atom. The first kappa shape index (κ1) is 20.2. The van der Waals surface area contributed by atoms with E-state index in [9.17, 15) is 18.5 Å². The highest BCUT2D eigenvalue weighted by molar-refractivity contribution is 7.89. The van der Waals surface area contributed by atoms with Gasteiger partial charge in [-0.15, -0.1) is 0 Å². The van der Waals surface area contributed by atoms with E-state index in [0.29, 0.717) is 17.1 Å². The Morgan fingerprint density at radius 3 is 2.41 bits per heavy atom. The SMILES string of the molecule is COc1ccc(-c2noc(CNS(=O)(=O)c3ccc([N+](=O)[O-])cc3)n2)cc1OC. The number of nitrogens with one attached hydrogen (secondary N) is 1. The Labute approximate surface area is 165 Å². The highest BCUT2D eigenvalue weighted by Crippen LogP contribution is 2.31. The molecule has 1 N–H and O–H groups in total. The van der Waals surface area contributed by atoms with Crippen molar-refractivity contribution in [2.45, 2.75) is 11.4 Å². The minimum Gasteiger partial charge on any atom is -0.493 e. The minimum absolute atomic E-state index is 0.0419. The average Bonchev–Trinajstić information content (AvgIpc) is 3.21. The van der Waals surface area contributed by atoms with Gasteiger partial charge in [0.1, 0.15) is 0 Å². The Kier molecular flexibility index (Phi) is 5.75. The van der Waals surface area contributed by atoms with Crippen molar-refractivity contribution in [1.29, 1.82) is 0 Å². The van der Waals surface area contributed by atoms with Gasteiger partial charge in [-0.2, -0.15) is 4.98 Å². The molecule has 0 radical (unpaired) electrons. The zero-order valence-corrected chi connectivity index (χ0v) is 16.2. The molecule has 1 aromatic heterocycles. The van der Waals surface area contributed by atoms with Gasteiger partial charge < -0.3 is 14.0 Å². The lowest BCUT2D eigenvalue weighted by Gasteiger charge is -2.07. The van der Waals surface area contributed by atoms with Gasteiger partial charge in [-0.05, 0) is 30.3 Å². The van der Waals surface area contributed by atoms with E-state index in [2.05, 4.69) is 14.9 Å². The molecule has 0 aliphatic heterocycles. The van der Waals surface area contributed by atoms with Gasteiger partial charge >= 0.3 is 0 Å². The Balaban J connectivity index is 1.72. The number of rotatable bonds is 8. The lowest BCUT2D eigenvalue weighted by molar-refractivity contribution is -0.384. The molecule has 12 heteroatoms. The van der Waals surface area contributed by atoms with Gasteiger partial charge in [0.25, 0.3) is 5.69 Å². The van der Waals surface area contributed by atoms with Crippen LogP contribution in [-0.4, -0.2) is 37.7 Å². The van der Waals surface area contributed by atoms with E-state index in [1.807, 2.05) is 0 Å². The highest BCUT2D eigenvalue weighted by atomic mass is 32.2. The minimum atomic E-state index is -3.91. The van der Waals surface area contributed by atoms with E-state index in [4.69, 9.17) is 14.0 Å². The van der Waals surface area contributed by atoms with Crippen LogP contribution in [0.15, 0.2) is 51.9 Å². The fourth-order valence-electron chi connectivity index (χ4n) is 2.41. The predicted molar refractivity (Wildman–Crippen MR) is 100.0 cm³/mol. The van der Waals surface area contributed by atoms with Crippen molar-refractivity contribution < 1.29 is 27.3 Å². The summed E-state index contributed by atoms with van der Waals surface area (Å²) in [5, 5.41) is 14.5. The summed E-state index contributed by atoms with van der Waals surface area (Å²) in [7, 11) is -0.902. The van der Waals surface area contributed by atoms with Crippen molar-refractivity contribution >= 4 is 15.7 Å². The molecule has 152 valence electrons. The Bertz CT molecular complexity index is 1130. The lowest BCUT2D eigenvalue weighted by atomic mass is 10.2. The standard InChI is InChI=1S/C17H16N4O7S/c1-26-14-8-3-11(9-15(14)27-2)17-19-16(28-20-17)10-18-29(24,25)13-6-4-12(5-7-13)21(22)23/h3-9,18H,10H2,1-2H3. The van der Waals surface area contributed by atoms with E-state index in [0.717, 1.165) is 24.3 Å². The maximum Gasteiger partial charge on any atom is 0.269 e. The number of non-ortho nitro benzene ring substituents is 1.